The van der Waals surface area contributed by atoms with Crippen LogP contribution in [-0.4, -0.2) is 18.4 Å². The molecule has 2 amide bonds. The van der Waals surface area contributed by atoms with Crippen LogP contribution >= 0.6 is 0 Å². The largest absolute Gasteiger partial charge is 0.352 e. The van der Waals surface area contributed by atoms with E-state index in [4.69, 9.17) is 0 Å². The molecular weight excluding hydrogens is 276 g/mol. The maximum Gasteiger partial charge on any atom is 0.251 e. The van der Waals surface area contributed by atoms with Crippen LogP contribution in [-0.2, 0) is 11.3 Å². The van der Waals surface area contributed by atoms with Crippen LogP contribution < -0.4 is 10.6 Å². The summed E-state index contributed by atoms with van der Waals surface area (Å²) in [5, 5.41) is 5.72. The van der Waals surface area contributed by atoms with Crippen molar-refractivity contribution in [3.63, 3.8) is 0 Å². The van der Waals surface area contributed by atoms with Gasteiger partial charge in [0.2, 0.25) is 5.91 Å². The van der Waals surface area contributed by atoms with E-state index >= 15 is 0 Å². The van der Waals surface area contributed by atoms with Gasteiger partial charge in [0, 0.05) is 25.6 Å². The van der Waals surface area contributed by atoms with Gasteiger partial charge in [-0.25, -0.2) is 0 Å². The molecule has 0 bridgehead atoms. The summed E-state index contributed by atoms with van der Waals surface area (Å²) in [5.41, 5.74) is 1.67. The highest BCUT2D eigenvalue weighted by molar-refractivity contribution is 5.94. The molecule has 120 valence electrons. The van der Waals surface area contributed by atoms with E-state index in [1.165, 1.54) is 39.0 Å². The summed E-state index contributed by atoms with van der Waals surface area (Å²) in [6.07, 6.45) is 7.78. The number of carbonyl (C=O) groups is 2. The van der Waals surface area contributed by atoms with Gasteiger partial charge in [-0.3, -0.25) is 9.59 Å². The second-order valence-corrected chi connectivity index (χ2v) is 6.16. The Labute approximate surface area is 132 Å². The van der Waals surface area contributed by atoms with Crippen molar-refractivity contribution >= 4 is 11.8 Å². The molecule has 0 atom stereocenters. The topological polar surface area (TPSA) is 58.2 Å². The molecule has 22 heavy (non-hydrogen) atoms. The standard InChI is InChI=1S/C18H26N2O2/c1-14(21)20-13-16-8-10-17(11-9-16)18(22)19-12-4-7-15-5-2-3-6-15/h8-11,15H,2-7,12-13H2,1H3,(H,19,22)(H,20,21). The van der Waals surface area contributed by atoms with E-state index in [0.29, 0.717) is 12.1 Å². The number of rotatable bonds is 7. The lowest BCUT2D eigenvalue weighted by molar-refractivity contribution is -0.119. The first-order valence-corrected chi connectivity index (χ1v) is 8.27. The molecule has 0 saturated heterocycles. The predicted molar refractivity (Wildman–Crippen MR) is 87.5 cm³/mol. The zero-order valence-electron chi connectivity index (χ0n) is 13.4. The predicted octanol–water partition coefficient (Wildman–Crippen LogP) is 3.02. The molecule has 1 aliphatic rings. The van der Waals surface area contributed by atoms with E-state index < -0.39 is 0 Å². The summed E-state index contributed by atoms with van der Waals surface area (Å²) in [6, 6.07) is 7.37. The molecule has 2 N–H and O–H groups in total. The van der Waals surface area contributed by atoms with Crippen molar-refractivity contribution in [2.45, 2.75) is 52.0 Å². The molecule has 0 aliphatic heterocycles. The van der Waals surface area contributed by atoms with Crippen molar-refractivity contribution < 1.29 is 9.59 Å². The van der Waals surface area contributed by atoms with Crippen LogP contribution in [0.4, 0.5) is 0 Å². The lowest BCUT2D eigenvalue weighted by atomic mass is 10.0. The van der Waals surface area contributed by atoms with Gasteiger partial charge in [0.25, 0.3) is 5.91 Å². The summed E-state index contributed by atoms with van der Waals surface area (Å²) < 4.78 is 0. The maximum absolute atomic E-state index is 12.0. The van der Waals surface area contributed by atoms with E-state index in [2.05, 4.69) is 10.6 Å². The van der Waals surface area contributed by atoms with Gasteiger partial charge >= 0.3 is 0 Å². The minimum absolute atomic E-state index is 0.0162. The van der Waals surface area contributed by atoms with Gasteiger partial charge in [0.15, 0.2) is 0 Å². The molecular formula is C18H26N2O2. The molecule has 1 fully saturated rings. The molecule has 0 heterocycles. The second-order valence-electron chi connectivity index (χ2n) is 6.16. The first-order chi connectivity index (χ1) is 10.6. The smallest absolute Gasteiger partial charge is 0.251 e. The summed E-state index contributed by atoms with van der Waals surface area (Å²) in [6.45, 7) is 2.75. The molecule has 1 saturated carbocycles. The lowest BCUT2D eigenvalue weighted by Crippen LogP contribution is -2.25. The van der Waals surface area contributed by atoms with Gasteiger partial charge in [-0.2, -0.15) is 0 Å². The quantitative estimate of drug-likeness (QED) is 0.761. The molecule has 0 aromatic heterocycles. The van der Waals surface area contributed by atoms with Crippen molar-refractivity contribution in [1.29, 1.82) is 0 Å². The number of hydrogen-bond acceptors (Lipinski definition) is 2. The van der Waals surface area contributed by atoms with Crippen LogP contribution in [0.5, 0.6) is 0 Å². The monoisotopic (exact) mass is 302 g/mol. The fourth-order valence-corrected chi connectivity index (χ4v) is 2.99. The van der Waals surface area contributed by atoms with E-state index in [9.17, 15) is 9.59 Å². The minimum Gasteiger partial charge on any atom is -0.352 e. The van der Waals surface area contributed by atoms with Crippen LogP contribution in [0.15, 0.2) is 24.3 Å². The number of carbonyl (C=O) groups excluding carboxylic acids is 2. The van der Waals surface area contributed by atoms with Gasteiger partial charge in [-0.05, 0) is 36.5 Å². The molecule has 1 aliphatic carbocycles. The van der Waals surface area contributed by atoms with Crippen molar-refractivity contribution in [1.82, 2.24) is 10.6 Å². The molecule has 2 rings (SSSR count). The fourth-order valence-electron chi connectivity index (χ4n) is 2.99. The average Bonchev–Trinajstić information content (AvgIpc) is 3.03. The molecule has 0 spiro atoms. The highest BCUT2D eigenvalue weighted by Gasteiger charge is 2.14. The number of benzene rings is 1. The van der Waals surface area contributed by atoms with Crippen LogP contribution in [0.3, 0.4) is 0 Å². The molecule has 0 radical (unpaired) electrons. The third-order valence-electron chi connectivity index (χ3n) is 4.31. The average molecular weight is 302 g/mol. The van der Waals surface area contributed by atoms with Crippen molar-refractivity contribution in [3.8, 4) is 0 Å². The lowest BCUT2D eigenvalue weighted by Gasteiger charge is -2.09. The molecule has 1 aromatic carbocycles. The zero-order valence-corrected chi connectivity index (χ0v) is 13.4. The highest BCUT2D eigenvalue weighted by atomic mass is 16.2. The summed E-state index contributed by atoms with van der Waals surface area (Å²) in [7, 11) is 0. The van der Waals surface area contributed by atoms with Gasteiger partial charge < -0.3 is 10.6 Å². The Morgan fingerprint density at radius 2 is 1.77 bits per heavy atom. The molecule has 4 nitrogen and oxygen atoms in total. The van der Waals surface area contributed by atoms with Crippen molar-refractivity contribution in [2.75, 3.05) is 6.54 Å². The van der Waals surface area contributed by atoms with E-state index in [1.807, 2.05) is 24.3 Å². The first-order valence-electron chi connectivity index (χ1n) is 8.27. The van der Waals surface area contributed by atoms with Crippen molar-refractivity contribution in [2.24, 2.45) is 5.92 Å². The van der Waals surface area contributed by atoms with Crippen LogP contribution in [0, 0.1) is 5.92 Å². The summed E-state index contributed by atoms with van der Waals surface area (Å²) in [5.74, 6) is 0.812. The van der Waals surface area contributed by atoms with E-state index in [-0.39, 0.29) is 11.8 Å². The SMILES string of the molecule is CC(=O)NCc1ccc(C(=O)NCCCC2CCCC2)cc1. The summed E-state index contributed by atoms with van der Waals surface area (Å²) >= 11 is 0. The second kappa shape index (κ2) is 8.57. The normalized spacial score (nSPS) is 14.8. The molecule has 4 heteroatoms. The third-order valence-corrected chi connectivity index (χ3v) is 4.31. The number of amides is 2. The first kappa shape index (κ1) is 16.5. The summed E-state index contributed by atoms with van der Waals surface area (Å²) in [4.78, 5) is 22.9. The van der Waals surface area contributed by atoms with Crippen molar-refractivity contribution in [3.05, 3.63) is 35.4 Å². The van der Waals surface area contributed by atoms with Gasteiger partial charge in [0.05, 0.1) is 0 Å². The zero-order chi connectivity index (χ0) is 15.8. The molecule has 0 unspecified atom stereocenters. The van der Waals surface area contributed by atoms with E-state index in [0.717, 1.165) is 24.4 Å². The maximum atomic E-state index is 12.0. The third kappa shape index (κ3) is 5.51. The Kier molecular flexibility index (Phi) is 6.44. The Morgan fingerprint density at radius 1 is 1.09 bits per heavy atom. The fraction of sp³-hybridized carbons (Fsp3) is 0.556. The molecule has 1 aromatic rings. The Bertz CT molecular complexity index is 490. The highest BCUT2D eigenvalue weighted by Crippen LogP contribution is 2.28. The van der Waals surface area contributed by atoms with Crippen LogP contribution in [0.25, 0.3) is 0 Å². The van der Waals surface area contributed by atoms with Crippen LogP contribution in [0.2, 0.25) is 0 Å². The minimum atomic E-state index is -0.0518. The number of nitrogens with one attached hydrogen (secondary N) is 2. The van der Waals surface area contributed by atoms with Gasteiger partial charge in [-0.15, -0.1) is 0 Å². The van der Waals surface area contributed by atoms with E-state index in [1.54, 1.807) is 0 Å². The van der Waals surface area contributed by atoms with Gasteiger partial charge in [-0.1, -0.05) is 37.8 Å². The Balaban J connectivity index is 1.68. The van der Waals surface area contributed by atoms with Crippen LogP contribution in [0.1, 0.15) is 61.4 Å². The number of hydrogen-bond donors (Lipinski definition) is 2. The Morgan fingerprint density at radius 3 is 2.41 bits per heavy atom. The van der Waals surface area contributed by atoms with Gasteiger partial charge in [0.1, 0.15) is 0 Å². The Hall–Kier alpha value is -1.84.